The lowest BCUT2D eigenvalue weighted by Gasteiger charge is -2.09. The van der Waals surface area contributed by atoms with E-state index in [1.165, 1.54) is 11.1 Å². The molecule has 138 valence electrons. The average molecular weight is 435 g/mol. The van der Waals surface area contributed by atoms with Crippen LogP contribution < -0.4 is 10.1 Å². The Balaban J connectivity index is 0.00000243. The summed E-state index contributed by atoms with van der Waals surface area (Å²) in [6, 6.07) is 11.4. The number of aromatic nitrogens is 1. The Hall–Kier alpha value is -1.92. The van der Waals surface area contributed by atoms with Gasteiger partial charge in [-0.3, -0.25) is 4.79 Å². The predicted octanol–water partition coefficient (Wildman–Crippen LogP) is 5.57. The Morgan fingerprint density at radius 2 is 1.85 bits per heavy atom. The fraction of sp³-hybridized carbons (Fsp3) is 0.300. The molecule has 0 saturated carbocycles. The first kappa shape index (κ1) is 20.4. The Labute approximate surface area is 168 Å². The molecule has 1 aromatic heterocycles. The van der Waals surface area contributed by atoms with Crippen LogP contribution in [-0.4, -0.2) is 23.4 Å². The molecule has 0 amide bonds. The van der Waals surface area contributed by atoms with E-state index in [0.29, 0.717) is 5.56 Å². The van der Waals surface area contributed by atoms with Gasteiger partial charge in [-0.1, -0.05) is 17.4 Å². The predicted molar refractivity (Wildman–Crippen MR) is 114 cm³/mol. The lowest BCUT2D eigenvalue weighted by molar-refractivity contribution is 0.101. The molecule has 1 N–H and O–H groups in total. The third kappa shape index (κ3) is 4.62. The van der Waals surface area contributed by atoms with Gasteiger partial charge in [0, 0.05) is 5.56 Å². The number of Topliss-reactive ketones (excluding diaryl/α,β-unsaturated/α-hetero) is 1. The number of thiazole rings is 1. The molecule has 0 saturated heterocycles. The number of halogens is 1. The lowest BCUT2D eigenvalue weighted by Crippen LogP contribution is -2.14. The number of ether oxygens (including phenoxy) is 1. The van der Waals surface area contributed by atoms with Crippen LogP contribution in [0.1, 0.15) is 35.3 Å². The molecule has 0 unspecified atom stereocenters. The molecule has 4 nitrogen and oxygen atoms in total. The zero-order chi connectivity index (χ0) is 18.0. The number of hydrogen-bond donors (Lipinski definition) is 1. The second kappa shape index (κ2) is 8.64. The molecule has 6 heteroatoms. The highest BCUT2D eigenvalue weighted by molar-refractivity contribution is 8.93. The molecule has 3 aromatic rings. The molecule has 0 fully saturated rings. The third-order valence-electron chi connectivity index (χ3n) is 4.03. The number of carbonyl (C=O) groups is 1. The van der Waals surface area contributed by atoms with Crippen molar-refractivity contribution in [1.29, 1.82) is 0 Å². The van der Waals surface area contributed by atoms with Crippen molar-refractivity contribution in [2.45, 2.75) is 33.8 Å². The molecule has 0 radical (unpaired) electrons. The number of ketones is 1. The number of rotatable bonds is 6. The largest absolute Gasteiger partial charge is 0.491 e. The van der Waals surface area contributed by atoms with Crippen molar-refractivity contribution in [3.8, 4) is 5.75 Å². The van der Waals surface area contributed by atoms with Crippen LogP contribution in [-0.2, 0) is 0 Å². The van der Waals surface area contributed by atoms with Crippen molar-refractivity contribution in [3.63, 3.8) is 0 Å². The summed E-state index contributed by atoms with van der Waals surface area (Å²) in [6.45, 7) is 8.33. The zero-order valence-electron chi connectivity index (χ0n) is 15.3. The molecular formula is C20H23BrN2O2S. The molecule has 2 aromatic carbocycles. The summed E-state index contributed by atoms with van der Waals surface area (Å²) in [6.07, 6.45) is 0.120. The number of nitrogens with zero attached hydrogens (tertiary/aromatic N) is 1. The molecule has 1 heterocycles. The number of anilines is 1. The second-order valence-corrected chi connectivity index (χ2v) is 7.37. The molecule has 3 rings (SSSR count). The second-order valence-electron chi connectivity index (χ2n) is 6.34. The average Bonchev–Trinajstić information content (AvgIpc) is 3.00. The van der Waals surface area contributed by atoms with Crippen LogP contribution in [0.15, 0.2) is 36.4 Å². The van der Waals surface area contributed by atoms with Crippen LogP contribution >= 0.6 is 28.3 Å². The summed E-state index contributed by atoms with van der Waals surface area (Å²) in [5, 5.41) is 3.93. The minimum absolute atomic E-state index is 0. The fourth-order valence-electron chi connectivity index (χ4n) is 2.55. The van der Waals surface area contributed by atoms with Crippen LogP contribution in [0.4, 0.5) is 5.13 Å². The van der Waals surface area contributed by atoms with Crippen molar-refractivity contribution >= 4 is 49.4 Å². The van der Waals surface area contributed by atoms with E-state index in [0.717, 1.165) is 21.1 Å². The van der Waals surface area contributed by atoms with Gasteiger partial charge in [0.25, 0.3) is 0 Å². The van der Waals surface area contributed by atoms with Crippen molar-refractivity contribution in [3.05, 3.63) is 53.1 Å². The summed E-state index contributed by atoms with van der Waals surface area (Å²) in [7, 11) is 0. The Kier molecular flexibility index (Phi) is 6.78. The minimum atomic E-state index is 0. The van der Waals surface area contributed by atoms with Gasteiger partial charge in [0.1, 0.15) is 5.75 Å². The van der Waals surface area contributed by atoms with Gasteiger partial charge >= 0.3 is 0 Å². The maximum absolute atomic E-state index is 12.4. The normalized spacial score (nSPS) is 10.7. The number of nitrogens with one attached hydrogen (secondary N) is 1. The third-order valence-corrected chi connectivity index (χ3v) is 5.01. The summed E-state index contributed by atoms with van der Waals surface area (Å²) >= 11 is 1.57. The van der Waals surface area contributed by atoms with E-state index in [9.17, 15) is 4.79 Å². The van der Waals surface area contributed by atoms with E-state index in [4.69, 9.17) is 4.74 Å². The van der Waals surface area contributed by atoms with Crippen LogP contribution in [0.2, 0.25) is 0 Å². The van der Waals surface area contributed by atoms with Gasteiger partial charge in [0.05, 0.1) is 22.9 Å². The molecule has 0 aliphatic rings. The highest BCUT2D eigenvalue weighted by Crippen LogP contribution is 2.29. The SMILES string of the molecule is Br.Cc1ccc2sc(NCC(=O)c3ccc(OC(C)C)cc3)nc2c1C. The number of benzene rings is 2. The minimum Gasteiger partial charge on any atom is -0.491 e. The van der Waals surface area contributed by atoms with E-state index < -0.39 is 0 Å². The van der Waals surface area contributed by atoms with E-state index in [-0.39, 0.29) is 35.4 Å². The van der Waals surface area contributed by atoms with Gasteiger partial charge < -0.3 is 10.1 Å². The van der Waals surface area contributed by atoms with Crippen LogP contribution in [0, 0.1) is 13.8 Å². The standard InChI is InChI=1S/C20H22N2O2S.BrH/c1-12(2)24-16-8-6-15(7-9-16)17(23)11-21-20-22-19-14(4)13(3)5-10-18(19)25-20;/h5-10,12H,11H2,1-4H3,(H,21,22);1H. The molecule has 0 spiro atoms. The Morgan fingerprint density at radius 1 is 1.15 bits per heavy atom. The topological polar surface area (TPSA) is 51.2 Å². The molecule has 0 atom stereocenters. The monoisotopic (exact) mass is 434 g/mol. The summed E-state index contributed by atoms with van der Waals surface area (Å²) in [5.41, 5.74) is 4.09. The number of aryl methyl sites for hydroxylation is 2. The smallest absolute Gasteiger partial charge is 0.184 e. The number of carbonyl (C=O) groups excluding carboxylic acids is 1. The van der Waals surface area contributed by atoms with Gasteiger partial charge in [-0.15, -0.1) is 17.0 Å². The van der Waals surface area contributed by atoms with Gasteiger partial charge in [-0.25, -0.2) is 4.98 Å². The number of fused-ring (bicyclic) bond motifs is 1. The molecule has 26 heavy (non-hydrogen) atoms. The fourth-order valence-corrected chi connectivity index (χ4v) is 3.47. The zero-order valence-corrected chi connectivity index (χ0v) is 17.9. The maximum atomic E-state index is 12.4. The van der Waals surface area contributed by atoms with Crippen LogP contribution in [0.3, 0.4) is 0 Å². The van der Waals surface area contributed by atoms with E-state index in [1.807, 2.05) is 26.0 Å². The van der Waals surface area contributed by atoms with Gasteiger partial charge in [0.15, 0.2) is 10.9 Å². The van der Waals surface area contributed by atoms with Crippen molar-refractivity contribution < 1.29 is 9.53 Å². The van der Waals surface area contributed by atoms with Crippen molar-refractivity contribution in [2.75, 3.05) is 11.9 Å². The first-order valence-electron chi connectivity index (χ1n) is 8.34. The van der Waals surface area contributed by atoms with Crippen molar-refractivity contribution in [2.24, 2.45) is 0 Å². The first-order chi connectivity index (χ1) is 11.9. The summed E-state index contributed by atoms with van der Waals surface area (Å²) in [5.74, 6) is 0.805. The van der Waals surface area contributed by atoms with Gasteiger partial charge in [-0.05, 0) is 69.2 Å². The van der Waals surface area contributed by atoms with Gasteiger partial charge in [-0.2, -0.15) is 0 Å². The Morgan fingerprint density at radius 3 is 2.50 bits per heavy atom. The van der Waals surface area contributed by atoms with E-state index >= 15 is 0 Å². The number of hydrogen-bond acceptors (Lipinski definition) is 5. The van der Waals surface area contributed by atoms with Crippen LogP contribution in [0.25, 0.3) is 10.2 Å². The summed E-state index contributed by atoms with van der Waals surface area (Å²) < 4.78 is 6.73. The summed E-state index contributed by atoms with van der Waals surface area (Å²) in [4.78, 5) is 17.0. The van der Waals surface area contributed by atoms with Crippen LogP contribution in [0.5, 0.6) is 5.75 Å². The molecule has 0 aliphatic carbocycles. The maximum Gasteiger partial charge on any atom is 0.184 e. The molecular weight excluding hydrogens is 412 g/mol. The molecule has 0 aliphatic heterocycles. The van der Waals surface area contributed by atoms with E-state index in [1.54, 1.807) is 23.5 Å². The highest BCUT2D eigenvalue weighted by atomic mass is 79.9. The quantitative estimate of drug-likeness (QED) is 0.514. The molecule has 0 bridgehead atoms. The van der Waals surface area contributed by atoms with Crippen molar-refractivity contribution in [1.82, 2.24) is 4.98 Å². The highest BCUT2D eigenvalue weighted by Gasteiger charge is 2.10. The van der Waals surface area contributed by atoms with Gasteiger partial charge in [0.2, 0.25) is 0 Å². The first-order valence-corrected chi connectivity index (χ1v) is 9.16. The lowest BCUT2D eigenvalue weighted by atomic mass is 10.1. The Bertz CT molecular complexity index is 904. The van der Waals surface area contributed by atoms with E-state index in [2.05, 4.69) is 36.3 Å².